The monoisotopic (exact) mass is 579 g/mol. The highest BCUT2D eigenvalue weighted by Gasteiger charge is 2.34. The lowest BCUT2D eigenvalue weighted by atomic mass is 10.0. The number of nitrogens with zero attached hydrogens (tertiary/aromatic N) is 2. The Morgan fingerprint density at radius 2 is 1.56 bits per heavy atom. The zero-order valence-electron chi connectivity index (χ0n) is 23.8. The van der Waals surface area contributed by atoms with Crippen LogP contribution in [0.1, 0.15) is 47.9 Å². The number of nitrogens with one attached hydrogen (secondary N) is 1. The number of hydrogen-bond donors (Lipinski definition) is 1. The van der Waals surface area contributed by atoms with Crippen LogP contribution in [-0.4, -0.2) is 50.0 Å². The van der Waals surface area contributed by atoms with E-state index in [0.29, 0.717) is 5.69 Å². The molecule has 1 aliphatic carbocycles. The van der Waals surface area contributed by atoms with Crippen LogP contribution in [0.5, 0.6) is 0 Å². The summed E-state index contributed by atoms with van der Waals surface area (Å²) >= 11 is 0. The third-order valence-electron chi connectivity index (χ3n) is 7.44. The van der Waals surface area contributed by atoms with Crippen LogP contribution in [0.4, 0.5) is 10.1 Å². The first-order chi connectivity index (χ1) is 19.5. The summed E-state index contributed by atoms with van der Waals surface area (Å²) in [6.45, 7) is 2.99. The zero-order chi connectivity index (χ0) is 29.6. The molecule has 0 spiro atoms. The molecule has 41 heavy (non-hydrogen) atoms. The Morgan fingerprint density at radius 1 is 0.951 bits per heavy atom. The molecule has 4 rings (SSSR count). The minimum Gasteiger partial charge on any atom is -0.352 e. The van der Waals surface area contributed by atoms with E-state index >= 15 is 0 Å². The molecule has 1 N–H and O–H groups in total. The highest BCUT2D eigenvalue weighted by Crippen LogP contribution is 2.24. The van der Waals surface area contributed by atoms with Crippen molar-refractivity contribution in [2.75, 3.05) is 17.1 Å². The number of aryl methyl sites for hydroxylation is 2. The van der Waals surface area contributed by atoms with Crippen molar-refractivity contribution < 1.29 is 22.4 Å². The third kappa shape index (κ3) is 8.16. The average Bonchev–Trinajstić information content (AvgIpc) is 3.42. The number of hydrogen-bond acceptors (Lipinski definition) is 4. The van der Waals surface area contributed by atoms with Crippen LogP contribution in [0.2, 0.25) is 0 Å². The Morgan fingerprint density at radius 3 is 2.17 bits per heavy atom. The van der Waals surface area contributed by atoms with Crippen molar-refractivity contribution in [2.45, 2.75) is 64.6 Å². The molecular formula is C32H38FN3O4S. The van der Waals surface area contributed by atoms with E-state index in [4.69, 9.17) is 0 Å². The van der Waals surface area contributed by atoms with E-state index in [1.807, 2.05) is 50.2 Å². The molecule has 3 aromatic carbocycles. The van der Waals surface area contributed by atoms with Gasteiger partial charge in [-0.15, -0.1) is 0 Å². The average molecular weight is 580 g/mol. The summed E-state index contributed by atoms with van der Waals surface area (Å²) in [5.41, 5.74) is 3.13. The molecule has 218 valence electrons. The first-order valence-electron chi connectivity index (χ1n) is 13.9. The van der Waals surface area contributed by atoms with Crippen molar-refractivity contribution in [2.24, 2.45) is 0 Å². The fourth-order valence-corrected chi connectivity index (χ4v) is 6.27. The van der Waals surface area contributed by atoms with Crippen LogP contribution < -0.4 is 9.62 Å². The molecule has 3 aromatic rings. The maximum absolute atomic E-state index is 14.9. The van der Waals surface area contributed by atoms with Gasteiger partial charge in [-0.25, -0.2) is 12.8 Å². The van der Waals surface area contributed by atoms with Gasteiger partial charge in [-0.05, 0) is 61.6 Å². The Balaban J connectivity index is 1.75. The Hall–Kier alpha value is -3.72. The van der Waals surface area contributed by atoms with Crippen LogP contribution in [-0.2, 0) is 32.6 Å². The summed E-state index contributed by atoms with van der Waals surface area (Å²) in [5.74, 6) is -1.43. The Labute approximate surface area is 242 Å². The van der Waals surface area contributed by atoms with E-state index in [9.17, 15) is 22.4 Å². The van der Waals surface area contributed by atoms with Crippen molar-refractivity contribution in [3.63, 3.8) is 0 Å². The number of carbonyl (C=O) groups excluding carboxylic acids is 2. The highest BCUT2D eigenvalue weighted by atomic mass is 32.2. The molecule has 9 heteroatoms. The van der Waals surface area contributed by atoms with E-state index in [-0.39, 0.29) is 30.5 Å². The second-order valence-corrected chi connectivity index (χ2v) is 12.8. The second-order valence-electron chi connectivity index (χ2n) is 10.9. The first kappa shape index (κ1) is 30.2. The normalized spacial score (nSPS) is 14.4. The Bertz CT molecular complexity index is 1450. The topological polar surface area (TPSA) is 86.8 Å². The smallest absolute Gasteiger partial charge is 0.244 e. The summed E-state index contributed by atoms with van der Waals surface area (Å²) in [7, 11) is -3.87. The number of benzene rings is 3. The molecule has 0 heterocycles. The Kier molecular flexibility index (Phi) is 9.81. The molecule has 2 amide bonds. The van der Waals surface area contributed by atoms with Crippen molar-refractivity contribution >= 4 is 27.5 Å². The lowest BCUT2D eigenvalue weighted by Crippen LogP contribution is -2.54. The number of rotatable bonds is 11. The molecule has 0 aromatic heterocycles. The van der Waals surface area contributed by atoms with Gasteiger partial charge in [0.2, 0.25) is 21.8 Å². The number of anilines is 1. The van der Waals surface area contributed by atoms with Gasteiger partial charge in [-0.3, -0.25) is 13.9 Å². The molecule has 1 saturated carbocycles. The highest BCUT2D eigenvalue weighted by molar-refractivity contribution is 7.92. The van der Waals surface area contributed by atoms with Gasteiger partial charge >= 0.3 is 0 Å². The first-order valence-corrected chi connectivity index (χ1v) is 15.8. The van der Waals surface area contributed by atoms with Crippen LogP contribution in [0, 0.1) is 19.7 Å². The van der Waals surface area contributed by atoms with E-state index in [2.05, 4.69) is 5.32 Å². The molecule has 7 nitrogen and oxygen atoms in total. The number of halogens is 1. The van der Waals surface area contributed by atoms with Crippen molar-refractivity contribution in [3.05, 3.63) is 101 Å². The lowest BCUT2D eigenvalue weighted by Gasteiger charge is -2.34. The van der Waals surface area contributed by atoms with Crippen LogP contribution in [0.3, 0.4) is 0 Å². The second kappa shape index (κ2) is 13.3. The van der Waals surface area contributed by atoms with Crippen LogP contribution in [0.25, 0.3) is 0 Å². The molecule has 1 atom stereocenters. The molecule has 0 bridgehead atoms. The van der Waals surface area contributed by atoms with Crippen LogP contribution in [0.15, 0.2) is 72.8 Å². The minimum atomic E-state index is -3.87. The lowest BCUT2D eigenvalue weighted by molar-refractivity contribution is -0.140. The zero-order valence-corrected chi connectivity index (χ0v) is 24.7. The number of sulfonamides is 1. The van der Waals surface area contributed by atoms with Gasteiger partial charge in [0.15, 0.2) is 0 Å². The quantitative estimate of drug-likeness (QED) is 0.350. The summed E-state index contributed by atoms with van der Waals surface area (Å²) in [6, 6.07) is 19.8. The van der Waals surface area contributed by atoms with Gasteiger partial charge < -0.3 is 10.2 Å². The summed E-state index contributed by atoms with van der Waals surface area (Å²) in [6.07, 6.45) is 5.01. The van der Waals surface area contributed by atoms with E-state index in [1.54, 1.807) is 30.3 Å². The SMILES string of the molecule is Cc1cc(C)cc(N(CC(=O)N(Cc2ccccc2F)C(Cc2ccccc2)C(=O)NC2CCCC2)S(C)(=O)=O)c1. The van der Waals surface area contributed by atoms with Crippen LogP contribution >= 0.6 is 0 Å². The van der Waals surface area contributed by atoms with E-state index < -0.39 is 34.3 Å². The molecule has 1 unspecified atom stereocenters. The molecule has 0 radical (unpaired) electrons. The predicted molar refractivity (Wildman–Crippen MR) is 159 cm³/mol. The van der Waals surface area contributed by atoms with Gasteiger partial charge in [0.05, 0.1) is 11.9 Å². The minimum absolute atomic E-state index is 0.00831. The summed E-state index contributed by atoms with van der Waals surface area (Å²) in [4.78, 5) is 29.3. The van der Waals surface area contributed by atoms with Gasteiger partial charge in [-0.2, -0.15) is 0 Å². The number of carbonyl (C=O) groups is 2. The van der Waals surface area contributed by atoms with Crippen molar-refractivity contribution in [3.8, 4) is 0 Å². The third-order valence-corrected chi connectivity index (χ3v) is 8.59. The molecular weight excluding hydrogens is 541 g/mol. The maximum Gasteiger partial charge on any atom is 0.244 e. The van der Waals surface area contributed by atoms with Gasteiger partial charge in [-0.1, -0.05) is 67.4 Å². The predicted octanol–water partition coefficient (Wildman–Crippen LogP) is 4.91. The van der Waals surface area contributed by atoms with Gasteiger partial charge in [0.25, 0.3) is 0 Å². The number of amides is 2. The largest absolute Gasteiger partial charge is 0.352 e. The fraction of sp³-hybridized carbons (Fsp3) is 0.375. The summed E-state index contributed by atoms with van der Waals surface area (Å²) in [5, 5.41) is 3.11. The molecule has 0 saturated heterocycles. The fourth-order valence-electron chi connectivity index (χ4n) is 5.44. The van der Waals surface area contributed by atoms with Crippen molar-refractivity contribution in [1.29, 1.82) is 0 Å². The van der Waals surface area contributed by atoms with E-state index in [0.717, 1.165) is 52.9 Å². The summed E-state index contributed by atoms with van der Waals surface area (Å²) < 4.78 is 41.9. The van der Waals surface area contributed by atoms with E-state index in [1.165, 1.54) is 11.0 Å². The molecule has 0 aliphatic heterocycles. The molecule has 1 fully saturated rings. The standard InChI is InChI=1S/C32H38FN3O4S/c1-23-17-24(2)19-28(18-23)36(41(3,39)40)22-31(37)35(21-26-13-7-10-16-29(26)33)30(20-25-11-5-4-6-12-25)32(38)34-27-14-8-9-15-27/h4-7,10-13,16-19,27,30H,8-9,14-15,20-22H2,1-3H3,(H,34,38). The van der Waals surface area contributed by atoms with Gasteiger partial charge in [0, 0.05) is 24.6 Å². The van der Waals surface area contributed by atoms with Gasteiger partial charge in [0.1, 0.15) is 18.4 Å². The molecule has 1 aliphatic rings. The maximum atomic E-state index is 14.9. The van der Waals surface area contributed by atoms with Crippen molar-refractivity contribution in [1.82, 2.24) is 10.2 Å².